The second kappa shape index (κ2) is 5.46. The maximum Gasteiger partial charge on any atom is 0.328 e. The van der Waals surface area contributed by atoms with Crippen LogP contribution in [0.4, 0.5) is 10.5 Å². The first-order chi connectivity index (χ1) is 7.52. The number of rotatable bonds is 2. The highest BCUT2D eigenvalue weighted by atomic mass is 35.5. The van der Waals surface area contributed by atoms with Crippen molar-refractivity contribution in [3.63, 3.8) is 0 Å². The lowest BCUT2D eigenvalue weighted by Gasteiger charge is -2.17. The standard InChI is InChI=1S/C10H12ClN3O2/c1-7(11)9(15)13-10(16)14(2)8-4-3-5-12-6-8/h3-7H,1-2H3,(H,13,15,16). The van der Waals surface area contributed by atoms with Gasteiger partial charge in [-0.1, -0.05) is 0 Å². The van der Waals surface area contributed by atoms with Gasteiger partial charge in [-0.2, -0.15) is 0 Å². The molecule has 0 aliphatic carbocycles. The molecule has 0 fully saturated rings. The minimum Gasteiger partial charge on any atom is -0.296 e. The van der Waals surface area contributed by atoms with Crippen molar-refractivity contribution in [1.29, 1.82) is 0 Å². The largest absolute Gasteiger partial charge is 0.328 e. The van der Waals surface area contributed by atoms with Crippen molar-refractivity contribution in [3.05, 3.63) is 24.5 Å². The highest BCUT2D eigenvalue weighted by Crippen LogP contribution is 2.09. The molecule has 1 aromatic rings. The van der Waals surface area contributed by atoms with Gasteiger partial charge in [0, 0.05) is 13.2 Å². The quantitative estimate of drug-likeness (QED) is 0.796. The third-order valence-electron chi connectivity index (χ3n) is 1.93. The number of urea groups is 1. The first kappa shape index (κ1) is 12.4. The van der Waals surface area contributed by atoms with Crippen molar-refractivity contribution in [1.82, 2.24) is 10.3 Å². The van der Waals surface area contributed by atoms with E-state index in [9.17, 15) is 9.59 Å². The van der Waals surface area contributed by atoms with E-state index in [0.717, 1.165) is 0 Å². The molecule has 16 heavy (non-hydrogen) atoms. The van der Waals surface area contributed by atoms with Crippen LogP contribution in [0.25, 0.3) is 0 Å². The summed E-state index contributed by atoms with van der Waals surface area (Å²) in [6.07, 6.45) is 3.12. The molecular weight excluding hydrogens is 230 g/mol. The number of hydrogen-bond donors (Lipinski definition) is 1. The summed E-state index contributed by atoms with van der Waals surface area (Å²) in [6, 6.07) is 2.87. The lowest BCUT2D eigenvalue weighted by molar-refractivity contribution is -0.119. The molecule has 1 atom stereocenters. The van der Waals surface area contributed by atoms with E-state index in [4.69, 9.17) is 11.6 Å². The van der Waals surface area contributed by atoms with E-state index in [2.05, 4.69) is 10.3 Å². The van der Waals surface area contributed by atoms with Crippen LogP contribution in [-0.4, -0.2) is 29.3 Å². The molecule has 0 aromatic carbocycles. The highest BCUT2D eigenvalue weighted by Gasteiger charge is 2.16. The first-order valence-electron chi connectivity index (χ1n) is 4.65. The van der Waals surface area contributed by atoms with Crippen molar-refractivity contribution in [2.24, 2.45) is 0 Å². The van der Waals surface area contributed by atoms with Crippen LogP contribution in [-0.2, 0) is 4.79 Å². The van der Waals surface area contributed by atoms with E-state index in [1.165, 1.54) is 18.0 Å². The average molecular weight is 242 g/mol. The van der Waals surface area contributed by atoms with Crippen LogP contribution in [0.5, 0.6) is 0 Å². The number of carbonyl (C=O) groups is 2. The summed E-state index contributed by atoms with van der Waals surface area (Å²) in [6.45, 7) is 1.49. The second-order valence-electron chi connectivity index (χ2n) is 3.18. The number of nitrogens with one attached hydrogen (secondary N) is 1. The summed E-state index contributed by atoms with van der Waals surface area (Å²) >= 11 is 5.53. The van der Waals surface area contributed by atoms with Crippen LogP contribution in [0.1, 0.15) is 6.92 Å². The SMILES string of the molecule is CC(Cl)C(=O)NC(=O)N(C)c1cccnc1. The minimum atomic E-state index is -0.744. The Balaban J connectivity index is 2.65. The summed E-state index contributed by atoms with van der Waals surface area (Å²) in [5, 5.41) is 1.42. The Morgan fingerprint density at radius 1 is 1.56 bits per heavy atom. The minimum absolute atomic E-state index is 0.526. The zero-order valence-electron chi connectivity index (χ0n) is 8.98. The molecule has 0 saturated heterocycles. The molecule has 1 unspecified atom stereocenters. The summed E-state index contributed by atoms with van der Waals surface area (Å²) in [7, 11) is 1.54. The van der Waals surface area contributed by atoms with Gasteiger partial charge in [-0.3, -0.25) is 20.0 Å². The van der Waals surface area contributed by atoms with Gasteiger partial charge in [0.15, 0.2) is 0 Å². The summed E-state index contributed by atoms with van der Waals surface area (Å²) < 4.78 is 0. The third kappa shape index (κ3) is 3.20. The number of amides is 3. The third-order valence-corrected chi connectivity index (χ3v) is 2.13. The van der Waals surface area contributed by atoms with E-state index in [-0.39, 0.29) is 0 Å². The zero-order chi connectivity index (χ0) is 12.1. The van der Waals surface area contributed by atoms with Gasteiger partial charge in [0.2, 0.25) is 5.91 Å². The molecule has 1 heterocycles. The van der Waals surface area contributed by atoms with Crippen molar-refractivity contribution < 1.29 is 9.59 Å². The maximum atomic E-state index is 11.6. The van der Waals surface area contributed by atoms with Gasteiger partial charge in [-0.05, 0) is 19.1 Å². The van der Waals surface area contributed by atoms with Gasteiger partial charge >= 0.3 is 6.03 Å². The predicted molar refractivity (Wildman–Crippen MR) is 61.5 cm³/mol. The molecule has 1 aromatic heterocycles. The normalized spacial score (nSPS) is 11.7. The van der Waals surface area contributed by atoms with Crippen LogP contribution in [0.2, 0.25) is 0 Å². The molecule has 0 spiro atoms. The highest BCUT2D eigenvalue weighted by molar-refractivity contribution is 6.31. The van der Waals surface area contributed by atoms with E-state index in [1.807, 2.05) is 0 Å². The summed E-state index contributed by atoms with van der Waals surface area (Å²) in [4.78, 5) is 27.9. The van der Waals surface area contributed by atoms with Gasteiger partial charge in [0.05, 0.1) is 11.9 Å². The average Bonchev–Trinajstić information content (AvgIpc) is 2.28. The Labute approximate surface area is 98.4 Å². The van der Waals surface area contributed by atoms with E-state index >= 15 is 0 Å². The molecule has 86 valence electrons. The number of pyridine rings is 1. The lowest BCUT2D eigenvalue weighted by Crippen LogP contribution is -2.43. The zero-order valence-corrected chi connectivity index (χ0v) is 9.73. The molecule has 0 aliphatic heterocycles. The lowest BCUT2D eigenvalue weighted by atomic mass is 10.4. The topological polar surface area (TPSA) is 62.3 Å². The number of carbonyl (C=O) groups excluding carboxylic acids is 2. The molecule has 3 amide bonds. The van der Waals surface area contributed by atoms with Gasteiger partial charge < -0.3 is 0 Å². The van der Waals surface area contributed by atoms with Crippen LogP contribution in [0, 0.1) is 0 Å². The van der Waals surface area contributed by atoms with Crippen LogP contribution >= 0.6 is 11.6 Å². The molecule has 0 bridgehead atoms. The Morgan fingerprint density at radius 2 is 2.25 bits per heavy atom. The molecule has 0 aliphatic rings. The molecular formula is C10H12ClN3O2. The Hall–Kier alpha value is -1.62. The van der Waals surface area contributed by atoms with Gasteiger partial charge in [0.25, 0.3) is 0 Å². The van der Waals surface area contributed by atoms with Crippen molar-refractivity contribution in [3.8, 4) is 0 Å². The predicted octanol–water partition coefficient (Wildman–Crippen LogP) is 1.38. The van der Waals surface area contributed by atoms with Crippen LogP contribution in [0.3, 0.4) is 0 Å². The smallest absolute Gasteiger partial charge is 0.296 e. The fourth-order valence-electron chi connectivity index (χ4n) is 0.958. The molecule has 5 nitrogen and oxygen atoms in total. The fraction of sp³-hybridized carbons (Fsp3) is 0.300. The number of alkyl halides is 1. The number of nitrogens with zero attached hydrogens (tertiary/aromatic N) is 2. The second-order valence-corrected chi connectivity index (χ2v) is 3.84. The number of imide groups is 1. The van der Waals surface area contributed by atoms with Crippen molar-refractivity contribution in [2.45, 2.75) is 12.3 Å². The van der Waals surface area contributed by atoms with Gasteiger partial charge in [-0.25, -0.2) is 4.79 Å². The van der Waals surface area contributed by atoms with E-state index in [1.54, 1.807) is 25.4 Å². The monoisotopic (exact) mass is 241 g/mol. The summed E-state index contributed by atoms with van der Waals surface area (Å²) in [5.41, 5.74) is 0.593. The first-order valence-corrected chi connectivity index (χ1v) is 5.08. The van der Waals surface area contributed by atoms with Crippen molar-refractivity contribution in [2.75, 3.05) is 11.9 Å². The Kier molecular flexibility index (Phi) is 4.25. The number of halogens is 1. The maximum absolute atomic E-state index is 11.6. The van der Waals surface area contributed by atoms with Gasteiger partial charge in [-0.15, -0.1) is 11.6 Å². The Bertz CT molecular complexity index is 381. The van der Waals surface area contributed by atoms with Gasteiger partial charge in [0.1, 0.15) is 5.38 Å². The van der Waals surface area contributed by atoms with Crippen molar-refractivity contribution >= 4 is 29.2 Å². The van der Waals surface area contributed by atoms with E-state index < -0.39 is 17.3 Å². The number of anilines is 1. The van der Waals surface area contributed by atoms with Crippen LogP contribution in [0.15, 0.2) is 24.5 Å². The Morgan fingerprint density at radius 3 is 2.75 bits per heavy atom. The van der Waals surface area contributed by atoms with E-state index in [0.29, 0.717) is 5.69 Å². The van der Waals surface area contributed by atoms with Crippen LogP contribution < -0.4 is 10.2 Å². The number of aromatic nitrogens is 1. The summed E-state index contributed by atoms with van der Waals surface area (Å²) in [5.74, 6) is -0.526. The number of hydrogen-bond acceptors (Lipinski definition) is 3. The molecule has 6 heteroatoms. The molecule has 0 saturated carbocycles. The molecule has 1 N–H and O–H groups in total. The molecule has 1 rings (SSSR count). The molecule has 0 radical (unpaired) electrons. The fourth-order valence-corrected chi connectivity index (χ4v) is 1.01.